The Labute approximate surface area is 152 Å². The molecule has 1 aliphatic heterocycles. The second-order valence-corrected chi connectivity index (χ2v) is 8.61. The molecule has 2 atom stereocenters. The molecule has 1 saturated carbocycles. The van der Waals surface area contributed by atoms with Gasteiger partial charge < -0.3 is 9.87 Å². The maximum Gasteiger partial charge on any atom is 0.224 e. The fraction of sp³-hybridized carbons (Fsp3) is 0.611. The van der Waals surface area contributed by atoms with Crippen LogP contribution < -0.4 is 5.32 Å². The second-order valence-electron chi connectivity index (χ2n) is 6.75. The molecule has 24 heavy (non-hydrogen) atoms. The molecule has 0 aromatic heterocycles. The average Bonchev–Trinajstić information content (AvgIpc) is 2.62. The standard InChI is InChI=1S/C18H25ClN2O2S/c19-16-10-4-5-11-17(16)24(23)21-12-6-7-14(13-21)18(22)20-15-8-2-1-3-9-15/h4-5,10-11,14-15H,1-3,6-9,12-13H2,(H,20,22). The molecule has 0 bridgehead atoms. The van der Waals surface area contributed by atoms with E-state index >= 15 is 0 Å². The van der Waals surface area contributed by atoms with Crippen molar-refractivity contribution < 1.29 is 9.35 Å². The highest BCUT2D eigenvalue weighted by molar-refractivity contribution is 7.89. The molecule has 2 unspecified atom stereocenters. The van der Waals surface area contributed by atoms with E-state index in [0.717, 1.165) is 32.2 Å². The van der Waals surface area contributed by atoms with Crippen molar-refractivity contribution in [3.8, 4) is 0 Å². The van der Waals surface area contributed by atoms with E-state index in [1.54, 1.807) is 12.1 Å². The van der Waals surface area contributed by atoms with Gasteiger partial charge in [0.15, 0.2) is 4.90 Å². The number of rotatable bonds is 4. The third-order valence-electron chi connectivity index (χ3n) is 4.97. The number of benzene rings is 1. The Morgan fingerprint density at radius 1 is 1.17 bits per heavy atom. The number of amides is 1. The molecule has 0 spiro atoms. The van der Waals surface area contributed by atoms with Gasteiger partial charge in [-0.05, 0) is 37.8 Å². The summed E-state index contributed by atoms with van der Waals surface area (Å²) in [5, 5.41) is 3.73. The van der Waals surface area contributed by atoms with Crippen LogP contribution in [0.5, 0.6) is 0 Å². The molecule has 0 radical (unpaired) electrons. The monoisotopic (exact) mass is 368 g/mol. The van der Waals surface area contributed by atoms with Gasteiger partial charge in [0.25, 0.3) is 0 Å². The van der Waals surface area contributed by atoms with E-state index in [0.29, 0.717) is 22.5 Å². The number of hydrogen-bond donors (Lipinski definition) is 1. The fourth-order valence-corrected chi connectivity index (χ4v) is 5.25. The summed E-state index contributed by atoms with van der Waals surface area (Å²) in [6.45, 7) is 1.28. The summed E-state index contributed by atoms with van der Waals surface area (Å²) in [7, 11) is 0. The van der Waals surface area contributed by atoms with Crippen molar-refractivity contribution in [3.05, 3.63) is 29.3 Å². The lowest BCUT2D eigenvalue weighted by molar-refractivity contribution is -0.127. The van der Waals surface area contributed by atoms with Crippen LogP contribution in [0.1, 0.15) is 44.9 Å². The number of nitrogens with one attached hydrogen (secondary N) is 1. The minimum absolute atomic E-state index is 0.0767. The summed E-state index contributed by atoms with van der Waals surface area (Å²) in [6.07, 6.45) is 7.63. The van der Waals surface area contributed by atoms with Crippen LogP contribution in [0.4, 0.5) is 0 Å². The van der Waals surface area contributed by atoms with E-state index in [4.69, 9.17) is 11.6 Å². The van der Waals surface area contributed by atoms with Crippen LogP contribution in [0.3, 0.4) is 0 Å². The summed E-state index contributed by atoms with van der Waals surface area (Å²) >= 11 is 4.86. The molecule has 1 aromatic carbocycles. The summed E-state index contributed by atoms with van der Waals surface area (Å²) in [5.41, 5.74) is 0. The van der Waals surface area contributed by atoms with Gasteiger partial charge in [-0.3, -0.25) is 4.79 Å². The normalized spacial score (nSPS) is 24.5. The van der Waals surface area contributed by atoms with Gasteiger partial charge in [0.05, 0.1) is 28.8 Å². The summed E-state index contributed by atoms with van der Waals surface area (Å²) in [4.78, 5) is 13.2. The van der Waals surface area contributed by atoms with E-state index in [1.165, 1.54) is 19.3 Å². The van der Waals surface area contributed by atoms with Gasteiger partial charge in [-0.25, -0.2) is 0 Å². The third kappa shape index (κ3) is 4.45. The molecule has 132 valence electrons. The van der Waals surface area contributed by atoms with Gasteiger partial charge in [-0.1, -0.05) is 43.0 Å². The highest BCUT2D eigenvalue weighted by atomic mass is 35.5. The predicted octanol–water partition coefficient (Wildman–Crippen LogP) is 3.52. The van der Waals surface area contributed by atoms with E-state index < -0.39 is 11.4 Å². The average molecular weight is 369 g/mol. The van der Waals surface area contributed by atoms with Crippen LogP contribution in [0, 0.1) is 5.92 Å². The van der Waals surface area contributed by atoms with Crippen LogP contribution >= 0.6 is 11.6 Å². The summed E-state index contributed by atoms with van der Waals surface area (Å²) < 4.78 is 14.7. The molecular formula is C18H25ClN2O2S. The molecule has 1 N–H and O–H groups in total. The quantitative estimate of drug-likeness (QED) is 0.827. The zero-order valence-corrected chi connectivity index (χ0v) is 15.5. The summed E-state index contributed by atoms with van der Waals surface area (Å²) in [6, 6.07) is 7.56. The zero-order valence-electron chi connectivity index (χ0n) is 13.9. The van der Waals surface area contributed by atoms with Crippen LogP contribution in [-0.2, 0) is 16.2 Å². The molecule has 3 rings (SSSR count). The van der Waals surface area contributed by atoms with Gasteiger partial charge in [-0.15, -0.1) is 4.31 Å². The molecule has 2 fully saturated rings. The zero-order chi connectivity index (χ0) is 16.9. The second kappa shape index (κ2) is 8.56. The maximum atomic E-state index is 12.8. The highest BCUT2D eigenvalue weighted by Gasteiger charge is 2.34. The third-order valence-corrected chi connectivity index (χ3v) is 6.94. The van der Waals surface area contributed by atoms with E-state index in [-0.39, 0.29) is 11.8 Å². The minimum atomic E-state index is -1.30. The lowest BCUT2D eigenvalue weighted by Crippen LogP contribution is -2.47. The molecule has 1 aromatic rings. The Morgan fingerprint density at radius 2 is 1.92 bits per heavy atom. The Hall–Kier alpha value is -0.750. The van der Waals surface area contributed by atoms with Crippen molar-refractivity contribution in [2.75, 3.05) is 13.1 Å². The molecule has 1 aliphatic carbocycles. The Balaban J connectivity index is 1.59. The molecular weight excluding hydrogens is 344 g/mol. The Kier molecular flexibility index (Phi) is 6.44. The number of carbonyl (C=O) groups excluding carboxylic acids is 1. The number of halogens is 1. The van der Waals surface area contributed by atoms with Gasteiger partial charge >= 0.3 is 0 Å². The van der Waals surface area contributed by atoms with E-state index in [2.05, 4.69) is 5.32 Å². The fourth-order valence-electron chi connectivity index (χ4n) is 3.60. The highest BCUT2D eigenvalue weighted by Crippen LogP contribution is 2.28. The Bertz CT molecular complexity index is 566. The van der Waals surface area contributed by atoms with Crippen molar-refractivity contribution in [1.29, 1.82) is 0 Å². The maximum absolute atomic E-state index is 12.8. The van der Waals surface area contributed by atoms with E-state index in [1.807, 2.05) is 16.4 Å². The largest absolute Gasteiger partial charge is 0.593 e. The van der Waals surface area contributed by atoms with Gasteiger partial charge in [-0.2, -0.15) is 0 Å². The number of hydrogen-bond acceptors (Lipinski definition) is 3. The number of carbonyl (C=O) groups is 1. The van der Waals surface area contributed by atoms with Gasteiger partial charge in [0, 0.05) is 12.6 Å². The van der Waals surface area contributed by atoms with Crippen LogP contribution in [-0.4, -0.2) is 33.9 Å². The first kappa shape index (κ1) is 18.1. The minimum Gasteiger partial charge on any atom is -0.593 e. The first-order valence-electron chi connectivity index (χ1n) is 8.87. The van der Waals surface area contributed by atoms with Crippen LogP contribution in [0.15, 0.2) is 29.2 Å². The molecule has 2 aliphatic rings. The SMILES string of the molecule is O=C(NC1CCCCC1)C1CCCN([S+]([O-])c2ccccc2Cl)C1. The number of nitrogens with zero attached hydrogens (tertiary/aromatic N) is 1. The molecule has 1 amide bonds. The smallest absolute Gasteiger partial charge is 0.224 e. The lowest BCUT2D eigenvalue weighted by atomic mass is 9.93. The lowest BCUT2D eigenvalue weighted by Gasteiger charge is -2.33. The predicted molar refractivity (Wildman–Crippen MR) is 97.2 cm³/mol. The van der Waals surface area contributed by atoms with Crippen molar-refractivity contribution in [1.82, 2.24) is 9.62 Å². The van der Waals surface area contributed by atoms with Crippen LogP contribution in [0.2, 0.25) is 5.02 Å². The van der Waals surface area contributed by atoms with Gasteiger partial charge in [0.2, 0.25) is 5.91 Å². The topological polar surface area (TPSA) is 55.4 Å². The molecule has 6 heteroatoms. The van der Waals surface area contributed by atoms with Crippen molar-refractivity contribution >= 4 is 28.9 Å². The van der Waals surface area contributed by atoms with Crippen molar-refractivity contribution in [2.45, 2.75) is 55.9 Å². The van der Waals surface area contributed by atoms with Crippen molar-refractivity contribution in [3.63, 3.8) is 0 Å². The van der Waals surface area contributed by atoms with Gasteiger partial charge in [0.1, 0.15) is 0 Å². The first-order valence-corrected chi connectivity index (χ1v) is 10.4. The first-order chi connectivity index (χ1) is 11.6. The Morgan fingerprint density at radius 3 is 2.67 bits per heavy atom. The molecule has 4 nitrogen and oxygen atoms in total. The van der Waals surface area contributed by atoms with Crippen LogP contribution in [0.25, 0.3) is 0 Å². The molecule has 1 saturated heterocycles. The van der Waals surface area contributed by atoms with Crippen molar-refractivity contribution in [2.24, 2.45) is 5.92 Å². The van der Waals surface area contributed by atoms with E-state index in [9.17, 15) is 9.35 Å². The summed E-state index contributed by atoms with van der Waals surface area (Å²) in [5.74, 6) is 0.0508. The number of piperidine rings is 1. The molecule has 1 heterocycles.